The molecule has 26 heavy (non-hydrogen) atoms. The fourth-order valence-electron chi connectivity index (χ4n) is 1.74. The van der Waals surface area contributed by atoms with Gasteiger partial charge in [-0.3, -0.25) is 10.9 Å². The summed E-state index contributed by atoms with van der Waals surface area (Å²) in [7, 11) is -2.33. The van der Waals surface area contributed by atoms with Crippen LogP contribution in [-0.4, -0.2) is 32.8 Å². The van der Waals surface area contributed by atoms with E-state index in [1.807, 2.05) is 0 Å². The lowest BCUT2D eigenvalue weighted by Gasteiger charge is -2.13. The SMILES string of the molecule is O=[S-](O)=Nc1ccc(NNc2cc(C(F)(F)F)nc(NCCO)n2)cc1. The Balaban J connectivity index is 2.14. The average molecular weight is 391 g/mol. The highest BCUT2D eigenvalue weighted by molar-refractivity contribution is 7.68. The smallest absolute Gasteiger partial charge is 0.433 e. The van der Waals surface area contributed by atoms with Gasteiger partial charge in [-0.25, -0.2) is 4.98 Å². The number of rotatable bonds is 7. The average Bonchev–Trinajstić information content (AvgIpc) is 2.58. The van der Waals surface area contributed by atoms with Gasteiger partial charge in [-0.1, -0.05) is 10.9 Å². The lowest BCUT2D eigenvalue weighted by molar-refractivity contribution is -0.141. The predicted molar refractivity (Wildman–Crippen MR) is 89.1 cm³/mol. The van der Waals surface area contributed by atoms with Crippen molar-refractivity contribution in [3.8, 4) is 0 Å². The summed E-state index contributed by atoms with van der Waals surface area (Å²) in [4.78, 5) is 7.20. The molecule has 0 bridgehead atoms. The number of benzene rings is 1. The summed E-state index contributed by atoms with van der Waals surface area (Å²) in [6, 6.07) is 6.58. The summed E-state index contributed by atoms with van der Waals surface area (Å²) in [6.07, 6.45) is -4.67. The highest BCUT2D eigenvalue weighted by Gasteiger charge is 2.33. The molecule has 0 atom stereocenters. The van der Waals surface area contributed by atoms with E-state index < -0.39 is 22.7 Å². The fraction of sp³-hybridized carbons (Fsp3) is 0.231. The van der Waals surface area contributed by atoms with Crippen LogP contribution in [0, 0.1) is 0 Å². The van der Waals surface area contributed by atoms with E-state index in [0.29, 0.717) is 5.69 Å². The van der Waals surface area contributed by atoms with Gasteiger partial charge >= 0.3 is 6.18 Å². The molecule has 0 amide bonds. The quantitative estimate of drug-likeness (QED) is 0.276. The number of alkyl halides is 3. The molecule has 0 fully saturated rings. The number of hydrogen-bond donors (Lipinski definition) is 5. The standard InChI is InChI=1S/C13H14F3N6O3S/c14-13(15,16)10-7-11(19-12(18-10)17-5-6-23)21-20-8-1-3-9(4-2-8)22-26(24)25/h1-4,7,20,23H,5-6H2,(H,22,24,25)(H2,17,18,19,21)/q-1. The molecular weight excluding hydrogens is 377 g/mol. The Morgan fingerprint density at radius 3 is 2.42 bits per heavy atom. The second kappa shape index (κ2) is 8.64. The lowest BCUT2D eigenvalue weighted by Crippen LogP contribution is -2.17. The molecule has 13 heteroatoms. The topological polar surface area (TPSA) is 132 Å². The minimum absolute atomic E-state index is 0.00856. The molecule has 0 aliphatic rings. The zero-order chi connectivity index (χ0) is 19.2. The fourth-order valence-corrected chi connectivity index (χ4v) is 2.04. The molecule has 0 radical (unpaired) electrons. The normalized spacial score (nSPS) is 12.7. The highest BCUT2D eigenvalue weighted by atomic mass is 32.2. The third kappa shape index (κ3) is 6.02. The second-order valence-corrected chi connectivity index (χ2v) is 5.37. The van der Waals surface area contributed by atoms with Crippen LogP contribution in [0.4, 0.5) is 36.3 Å². The van der Waals surface area contributed by atoms with E-state index in [2.05, 4.69) is 30.5 Å². The summed E-state index contributed by atoms with van der Waals surface area (Å²) in [5.74, 6) is -0.448. The molecule has 142 valence electrons. The van der Waals surface area contributed by atoms with Crippen molar-refractivity contribution in [1.29, 1.82) is 0 Å². The second-order valence-electron chi connectivity index (χ2n) is 4.73. The Morgan fingerprint density at radius 1 is 1.15 bits per heavy atom. The maximum absolute atomic E-state index is 12.9. The summed E-state index contributed by atoms with van der Waals surface area (Å²) < 4.78 is 61.4. The summed E-state index contributed by atoms with van der Waals surface area (Å²) in [6.45, 7) is -0.304. The Bertz CT molecular complexity index is 825. The largest absolute Gasteiger partial charge is 0.454 e. The Kier molecular flexibility index (Phi) is 6.54. The van der Waals surface area contributed by atoms with Crippen LogP contribution in [-0.2, 0) is 21.3 Å². The highest BCUT2D eigenvalue weighted by Crippen LogP contribution is 2.29. The number of halogens is 3. The van der Waals surface area contributed by atoms with Crippen LogP contribution in [0.1, 0.15) is 5.69 Å². The first-order valence-electron chi connectivity index (χ1n) is 7.04. The number of anilines is 3. The zero-order valence-corrected chi connectivity index (χ0v) is 13.8. The minimum atomic E-state index is -4.67. The van der Waals surface area contributed by atoms with Crippen molar-refractivity contribution in [3.63, 3.8) is 0 Å². The number of aromatic nitrogens is 2. The van der Waals surface area contributed by atoms with Crippen molar-refractivity contribution < 1.29 is 27.0 Å². The van der Waals surface area contributed by atoms with Crippen molar-refractivity contribution in [2.45, 2.75) is 6.18 Å². The number of nitrogens with zero attached hydrogens (tertiary/aromatic N) is 3. The van der Waals surface area contributed by atoms with Gasteiger partial charge < -0.3 is 23.5 Å². The Labute approximate surface area is 147 Å². The van der Waals surface area contributed by atoms with Crippen molar-refractivity contribution in [1.82, 2.24) is 9.97 Å². The predicted octanol–water partition coefficient (Wildman–Crippen LogP) is 2.59. The van der Waals surface area contributed by atoms with Gasteiger partial charge in [0.05, 0.1) is 12.3 Å². The Morgan fingerprint density at radius 2 is 1.85 bits per heavy atom. The molecule has 2 aromatic rings. The molecule has 0 aliphatic carbocycles. The van der Waals surface area contributed by atoms with Crippen LogP contribution in [0.15, 0.2) is 34.7 Å². The van der Waals surface area contributed by atoms with Gasteiger partial charge in [0.25, 0.3) is 0 Å². The molecule has 0 spiro atoms. The molecule has 1 heterocycles. The van der Waals surface area contributed by atoms with Gasteiger partial charge in [0.1, 0.15) is 0 Å². The van der Waals surface area contributed by atoms with E-state index in [-0.39, 0.29) is 30.6 Å². The van der Waals surface area contributed by atoms with E-state index in [4.69, 9.17) is 9.66 Å². The number of hydrogen-bond acceptors (Lipinski definition) is 9. The lowest BCUT2D eigenvalue weighted by atomic mass is 10.3. The molecule has 0 saturated heterocycles. The maximum atomic E-state index is 12.9. The molecule has 0 saturated carbocycles. The van der Waals surface area contributed by atoms with Crippen LogP contribution < -0.4 is 16.2 Å². The van der Waals surface area contributed by atoms with Crippen LogP contribution >= 0.6 is 0 Å². The summed E-state index contributed by atoms with van der Waals surface area (Å²) in [5.41, 5.74) is 4.70. The van der Waals surface area contributed by atoms with E-state index in [1.165, 1.54) is 24.3 Å². The molecule has 5 N–H and O–H groups in total. The van der Waals surface area contributed by atoms with E-state index >= 15 is 0 Å². The number of hydrazine groups is 1. The first-order valence-corrected chi connectivity index (χ1v) is 8.10. The van der Waals surface area contributed by atoms with Gasteiger partial charge in [-0.15, -0.1) is 0 Å². The molecule has 1 aromatic heterocycles. The summed E-state index contributed by atoms with van der Waals surface area (Å²) >= 11 is 0. The van der Waals surface area contributed by atoms with Crippen molar-refractivity contribution in [3.05, 3.63) is 36.0 Å². The number of nitrogens with one attached hydrogen (secondary N) is 3. The third-order valence-electron chi connectivity index (χ3n) is 2.80. The van der Waals surface area contributed by atoms with E-state index in [1.54, 1.807) is 0 Å². The van der Waals surface area contributed by atoms with Gasteiger partial charge in [-0.2, -0.15) is 18.2 Å². The van der Waals surface area contributed by atoms with Crippen molar-refractivity contribution in [2.24, 2.45) is 4.36 Å². The third-order valence-corrected chi connectivity index (χ3v) is 3.16. The number of aliphatic hydroxyl groups is 1. The van der Waals surface area contributed by atoms with E-state index in [0.717, 1.165) is 6.07 Å². The van der Waals surface area contributed by atoms with Gasteiger partial charge in [0.2, 0.25) is 5.95 Å². The van der Waals surface area contributed by atoms with E-state index in [9.17, 15) is 17.4 Å². The van der Waals surface area contributed by atoms with Gasteiger partial charge in [0, 0.05) is 18.3 Å². The Hall–Kier alpha value is -2.64. The molecule has 9 nitrogen and oxygen atoms in total. The minimum Gasteiger partial charge on any atom is -0.454 e. The maximum Gasteiger partial charge on any atom is 0.433 e. The molecular formula is C13H14F3N6O3S-. The summed E-state index contributed by atoms with van der Waals surface area (Å²) in [5, 5.41) is 11.2. The monoisotopic (exact) mass is 391 g/mol. The van der Waals surface area contributed by atoms with Crippen molar-refractivity contribution in [2.75, 3.05) is 29.3 Å². The van der Waals surface area contributed by atoms with Crippen LogP contribution in [0.25, 0.3) is 0 Å². The number of aliphatic hydroxyl groups excluding tert-OH is 1. The first kappa shape index (κ1) is 19.7. The van der Waals surface area contributed by atoms with Crippen LogP contribution in [0.5, 0.6) is 0 Å². The van der Waals surface area contributed by atoms with Crippen LogP contribution in [0.2, 0.25) is 0 Å². The molecule has 0 aliphatic heterocycles. The molecule has 1 aromatic carbocycles. The molecule has 0 unspecified atom stereocenters. The van der Waals surface area contributed by atoms with Gasteiger partial charge in [0.15, 0.2) is 11.5 Å². The molecule has 2 rings (SSSR count). The van der Waals surface area contributed by atoms with Crippen molar-refractivity contribution >= 4 is 34.0 Å². The first-order chi connectivity index (χ1) is 12.3. The van der Waals surface area contributed by atoms with Gasteiger partial charge in [-0.05, 0) is 24.3 Å². The van der Waals surface area contributed by atoms with Crippen LogP contribution in [0.3, 0.4) is 0 Å². The zero-order valence-electron chi connectivity index (χ0n) is 13.0.